The van der Waals surface area contributed by atoms with E-state index in [1.165, 1.54) is 24.2 Å². The van der Waals surface area contributed by atoms with Gasteiger partial charge in [-0.05, 0) is 31.0 Å². The molecule has 1 amide bonds. The smallest absolute Gasteiger partial charge is 0.277 e. The highest BCUT2D eigenvalue weighted by Crippen LogP contribution is 2.39. The normalized spacial score (nSPS) is 14.0. The van der Waals surface area contributed by atoms with Crippen molar-refractivity contribution in [3.05, 3.63) is 47.4 Å². The van der Waals surface area contributed by atoms with Gasteiger partial charge in [-0.2, -0.15) is 5.10 Å². The van der Waals surface area contributed by atoms with Crippen LogP contribution in [0.3, 0.4) is 0 Å². The van der Waals surface area contributed by atoms with E-state index < -0.39 is 0 Å². The summed E-state index contributed by atoms with van der Waals surface area (Å²) in [6.45, 7) is 0. The van der Waals surface area contributed by atoms with Crippen LogP contribution in [-0.2, 0) is 0 Å². The molecule has 22 heavy (non-hydrogen) atoms. The molecule has 1 fully saturated rings. The minimum Gasteiger partial charge on any atom is -0.296 e. The average Bonchev–Trinajstić information content (AvgIpc) is 3.10. The molecule has 0 spiro atoms. The number of aromatic amines is 1. The summed E-state index contributed by atoms with van der Waals surface area (Å²) >= 11 is 1.38. The van der Waals surface area contributed by atoms with Gasteiger partial charge in [-0.15, -0.1) is 11.3 Å². The molecule has 0 radical (unpaired) electrons. The zero-order chi connectivity index (χ0) is 14.9. The predicted octanol–water partition coefficient (Wildman–Crippen LogP) is 3.06. The van der Waals surface area contributed by atoms with Gasteiger partial charge in [0.05, 0.1) is 5.69 Å². The topological polar surface area (TPSA) is 83.6 Å². The van der Waals surface area contributed by atoms with Gasteiger partial charge in [0.2, 0.25) is 0 Å². The van der Waals surface area contributed by atoms with Crippen LogP contribution in [0.5, 0.6) is 0 Å². The zero-order valence-electron chi connectivity index (χ0n) is 11.6. The Bertz CT molecular complexity index is 806. The summed E-state index contributed by atoms with van der Waals surface area (Å²) in [6.07, 6.45) is 5.80. The Morgan fingerprint density at radius 1 is 1.41 bits per heavy atom. The summed E-state index contributed by atoms with van der Waals surface area (Å²) in [5.41, 5.74) is 3.17. The second-order valence-electron chi connectivity index (χ2n) is 5.22. The first-order valence-corrected chi connectivity index (χ1v) is 7.90. The van der Waals surface area contributed by atoms with Gasteiger partial charge in [0.1, 0.15) is 0 Å². The van der Waals surface area contributed by atoms with Crippen molar-refractivity contribution < 1.29 is 4.79 Å². The molecule has 0 atom stereocenters. The number of nitrogens with zero attached hydrogens (tertiary/aromatic N) is 3. The fraction of sp³-hybridized carbons (Fsp3) is 0.200. The number of nitrogens with one attached hydrogen (secondary N) is 2. The Balaban J connectivity index is 1.48. The number of hydrogen-bond acceptors (Lipinski definition) is 5. The maximum Gasteiger partial charge on any atom is 0.277 e. The van der Waals surface area contributed by atoms with Crippen LogP contribution in [0.25, 0.3) is 11.3 Å². The number of anilines is 1. The molecule has 110 valence electrons. The van der Waals surface area contributed by atoms with Crippen molar-refractivity contribution >= 4 is 22.4 Å². The number of H-pyrrole nitrogens is 1. The maximum atomic E-state index is 12.2. The van der Waals surface area contributed by atoms with Crippen LogP contribution >= 0.6 is 11.3 Å². The first kappa shape index (κ1) is 13.1. The molecule has 0 aromatic carbocycles. The Morgan fingerprint density at radius 3 is 3.09 bits per heavy atom. The number of rotatable bonds is 4. The largest absolute Gasteiger partial charge is 0.296 e. The Morgan fingerprint density at radius 2 is 2.32 bits per heavy atom. The van der Waals surface area contributed by atoms with Crippen molar-refractivity contribution in [3.8, 4) is 11.3 Å². The lowest BCUT2D eigenvalue weighted by Crippen LogP contribution is -2.12. The molecule has 3 heterocycles. The van der Waals surface area contributed by atoms with Crippen LogP contribution in [0.15, 0.2) is 36.0 Å². The zero-order valence-corrected chi connectivity index (χ0v) is 12.4. The first-order chi connectivity index (χ1) is 10.8. The lowest BCUT2D eigenvalue weighted by molar-refractivity contribution is 0.102. The van der Waals surface area contributed by atoms with E-state index in [0.717, 1.165) is 17.0 Å². The summed E-state index contributed by atoms with van der Waals surface area (Å²) in [5, 5.41) is 12.2. The Hall–Kier alpha value is -2.54. The van der Waals surface area contributed by atoms with Crippen molar-refractivity contribution in [3.63, 3.8) is 0 Å². The van der Waals surface area contributed by atoms with Gasteiger partial charge in [-0.3, -0.25) is 20.2 Å². The number of thiazole rings is 1. The highest BCUT2D eigenvalue weighted by molar-refractivity contribution is 7.14. The van der Waals surface area contributed by atoms with Crippen LogP contribution < -0.4 is 5.32 Å². The van der Waals surface area contributed by atoms with E-state index in [2.05, 4.69) is 25.5 Å². The fourth-order valence-electron chi connectivity index (χ4n) is 2.20. The second kappa shape index (κ2) is 5.34. The SMILES string of the molecule is O=C(Nc1nc(-c2cccnc2)cs1)c1cc(C2CC2)[nH]n1. The van der Waals surface area contributed by atoms with Crippen molar-refractivity contribution in [2.45, 2.75) is 18.8 Å². The summed E-state index contributed by atoms with van der Waals surface area (Å²) in [6, 6.07) is 5.61. The predicted molar refractivity (Wildman–Crippen MR) is 83.9 cm³/mol. The molecule has 6 nitrogen and oxygen atoms in total. The molecule has 3 aromatic heterocycles. The Labute approximate surface area is 130 Å². The van der Waals surface area contributed by atoms with E-state index in [1.54, 1.807) is 12.4 Å². The van der Waals surface area contributed by atoms with E-state index in [0.29, 0.717) is 16.7 Å². The fourth-order valence-corrected chi connectivity index (χ4v) is 2.91. The van der Waals surface area contributed by atoms with Crippen molar-refractivity contribution in [1.29, 1.82) is 0 Å². The molecule has 1 saturated carbocycles. The summed E-state index contributed by atoms with van der Waals surface area (Å²) in [7, 11) is 0. The summed E-state index contributed by atoms with van der Waals surface area (Å²) in [5.74, 6) is 0.307. The lowest BCUT2D eigenvalue weighted by atomic mass is 10.2. The first-order valence-electron chi connectivity index (χ1n) is 7.02. The standard InChI is InChI=1S/C15H13N5OS/c21-14(12-6-11(19-20-12)9-3-4-9)18-15-17-13(8-22-15)10-2-1-5-16-7-10/h1-2,5-9H,3-4H2,(H,19,20)(H,17,18,21). The number of hydrogen-bond donors (Lipinski definition) is 2. The van der Waals surface area contributed by atoms with Gasteiger partial charge < -0.3 is 0 Å². The van der Waals surface area contributed by atoms with E-state index in [1.807, 2.05) is 23.6 Å². The van der Waals surface area contributed by atoms with Crippen LogP contribution in [0.1, 0.15) is 34.9 Å². The highest BCUT2D eigenvalue weighted by atomic mass is 32.1. The van der Waals surface area contributed by atoms with Crippen LogP contribution in [0.2, 0.25) is 0 Å². The third-order valence-electron chi connectivity index (χ3n) is 3.53. The van der Waals surface area contributed by atoms with Gasteiger partial charge >= 0.3 is 0 Å². The molecule has 0 aliphatic heterocycles. The molecular formula is C15H13N5OS. The molecule has 1 aliphatic carbocycles. The third-order valence-corrected chi connectivity index (χ3v) is 4.29. The second-order valence-corrected chi connectivity index (χ2v) is 6.07. The van der Waals surface area contributed by atoms with E-state index >= 15 is 0 Å². The van der Waals surface area contributed by atoms with E-state index in [-0.39, 0.29) is 5.91 Å². The molecule has 1 aliphatic rings. The average molecular weight is 311 g/mol. The van der Waals surface area contributed by atoms with Gasteiger partial charge in [-0.25, -0.2) is 4.98 Å². The maximum absolute atomic E-state index is 12.2. The van der Waals surface area contributed by atoms with Crippen molar-refractivity contribution in [1.82, 2.24) is 20.2 Å². The summed E-state index contributed by atoms with van der Waals surface area (Å²) in [4.78, 5) is 20.7. The molecule has 0 unspecified atom stereocenters. The lowest BCUT2D eigenvalue weighted by Gasteiger charge is -1.97. The molecule has 7 heteroatoms. The number of carbonyl (C=O) groups is 1. The molecule has 0 bridgehead atoms. The van der Waals surface area contributed by atoms with Gasteiger partial charge in [-0.1, -0.05) is 0 Å². The number of carbonyl (C=O) groups excluding carboxylic acids is 1. The van der Waals surface area contributed by atoms with Crippen LogP contribution in [-0.4, -0.2) is 26.1 Å². The molecule has 3 aromatic rings. The molecular weight excluding hydrogens is 298 g/mol. The highest BCUT2D eigenvalue weighted by Gasteiger charge is 2.26. The number of aromatic nitrogens is 4. The quantitative estimate of drug-likeness (QED) is 0.775. The van der Waals surface area contributed by atoms with E-state index in [4.69, 9.17) is 0 Å². The monoisotopic (exact) mass is 311 g/mol. The van der Waals surface area contributed by atoms with Gasteiger partial charge in [0.15, 0.2) is 10.8 Å². The van der Waals surface area contributed by atoms with Crippen molar-refractivity contribution in [2.24, 2.45) is 0 Å². The third kappa shape index (κ3) is 2.62. The summed E-state index contributed by atoms with van der Waals surface area (Å²) < 4.78 is 0. The van der Waals surface area contributed by atoms with Crippen LogP contribution in [0, 0.1) is 0 Å². The molecule has 0 saturated heterocycles. The van der Waals surface area contributed by atoms with E-state index in [9.17, 15) is 4.79 Å². The van der Waals surface area contributed by atoms with Gasteiger partial charge in [0, 0.05) is 34.9 Å². The Kier molecular flexibility index (Phi) is 3.19. The molecule has 4 rings (SSSR count). The van der Waals surface area contributed by atoms with Crippen LogP contribution in [0.4, 0.5) is 5.13 Å². The van der Waals surface area contributed by atoms with Gasteiger partial charge in [0.25, 0.3) is 5.91 Å². The molecule has 2 N–H and O–H groups in total. The van der Waals surface area contributed by atoms with Crippen molar-refractivity contribution in [2.75, 3.05) is 5.32 Å². The number of pyridine rings is 1. The minimum atomic E-state index is -0.241. The minimum absolute atomic E-state index is 0.241. The number of amides is 1.